The zero-order valence-electron chi connectivity index (χ0n) is 17.3. The van der Waals surface area contributed by atoms with E-state index in [1.807, 2.05) is 37.3 Å². The first-order valence-electron chi connectivity index (χ1n) is 9.96. The third-order valence-electron chi connectivity index (χ3n) is 4.99. The van der Waals surface area contributed by atoms with Crippen molar-refractivity contribution in [3.8, 4) is 5.75 Å². The van der Waals surface area contributed by atoms with Crippen LogP contribution in [0.1, 0.15) is 22.3 Å². The van der Waals surface area contributed by atoms with Gasteiger partial charge in [-0.15, -0.1) is 0 Å². The predicted molar refractivity (Wildman–Crippen MR) is 128 cm³/mol. The summed E-state index contributed by atoms with van der Waals surface area (Å²) in [6, 6.07) is 19.1. The fraction of sp³-hybridized carbons (Fsp3) is 0.120. The maximum Gasteiger partial charge on any atom is 0.329 e. The Hall–Kier alpha value is -3.20. The normalized spacial score (nSPS) is 14.7. The van der Waals surface area contributed by atoms with E-state index in [4.69, 9.17) is 4.74 Å². The van der Waals surface area contributed by atoms with Crippen molar-refractivity contribution in [2.24, 2.45) is 0 Å². The lowest BCUT2D eigenvalue weighted by atomic mass is 10.1. The molecular formula is C25H20FIN2O3. The number of ether oxygens (including phenoxy) is 1. The SMILES string of the molecule is Cc1cccc(CN2C(=O)N/C(=C/c3ccc(OCc4ccccc4F)c(I)c3)C2=O)c1. The third kappa shape index (κ3) is 4.99. The molecule has 0 unspecified atom stereocenters. The van der Waals surface area contributed by atoms with Gasteiger partial charge >= 0.3 is 6.03 Å². The number of hydrogen-bond acceptors (Lipinski definition) is 3. The van der Waals surface area contributed by atoms with E-state index in [-0.39, 0.29) is 30.6 Å². The molecule has 3 aromatic carbocycles. The molecule has 1 saturated heterocycles. The number of urea groups is 1. The zero-order chi connectivity index (χ0) is 22.7. The molecule has 0 bridgehead atoms. The molecule has 0 saturated carbocycles. The lowest BCUT2D eigenvalue weighted by Gasteiger charge is -2.12. The van der Waals surface area contributed by atoms with E-state index in [9.17, 15) is 14.0 Å². The first kappa shape index (κ1) is 22.0. The Morgan fingerprint density at radius 3 is 2.62 bits per heavy atom. The Morgan fingerprint density at radius 2 is 1.88 bits per heavy atom. The third-order valence-corrected chi connectivity index (χ3v) is 5.84. The molecule has 162 valence electrons. The van der Waals surface area contributed by atoms with Crippen LogP contribution >= 0.6 is 22.6 Å². The number of benzene rings is 3. The largest absolute Gasteiger partial charge is 0.488 e. The van der Waals surface area contributed by atoms with Crippen LogP contribution in [0.4, 0.5) is 9.18 Å². The number of amides is 3. The Bertz CT molecular complexity index is 1230. The highest BCUT2D eigenvalue weighted by molar-refractivity contribution is 14.1. The quantitative estimate of drug-likeness (QED) is 0.258. The van der Waals surface area contributed by atoms with Crippen LogP contribution in [0.25, 0.3) is 6.08 Å². The summed E-state index contributed by atoms with van der Waals surface area (Å²) < 4.78 is 20.3. The van der Waals surface area contributed by atoms with Crippen molar-refractivity contribution in [1.29, 1.82) is 0 Å². The van der Waals surface area contributed by atoms with E-state index in [0.717, 1.165) is 20.3 Å². The zero-order valence-corrected chi connectivity index (χ0v) is 19.4. The molecule has 3 aromatic rings. The molecule has 1 heterocycles. The predicted octanol–water partition coefficient (Wildman–Crippen LogP) is 5.41. The first-order chi connectivity index (χ1) is 15.4. The van der Waals surface area contributed by atoms with E-state index >= 15 is 0 Å². The molecule has 3 amide bonds. The van der Waals surface area contributed by atoms with Crippen molar-refractivity contribution in [2.75, 3.05) is 0 Å². The van der Waals surface area contributed by atoms with Gasteiger partial charge in [0.15, 0.2) is 0 Å². The van der Waals surface area contributed by atoms with Gasteiger partial charge in [0, 0.05) is 5.56 Å². The van der Waals surface area contributed by atoms with Gasteiger partial charge in [0.1, 0.15) is 23.9 Å². The molecule has 7 heteroatoms. The van der Waals surface area contributed by atoms with Crippen LogP contribution in [0.3, 0.4) is 0 Å². The van der Waals surface area contributed by atoms with Gasteiger partial charge in [0.25, 0.3) is 5.91 Å². The van der Waals surface area contributed by atoms with Crippen LogP contribution < -0.4 is 10.1 Å². The number of hydrogen-bond donors (Lipinski definition) is 1. The summed E-state index contributed by atoms with van der Waals surface area (Å²) in [5, 5.41) is 2.65. The minimum Gasteiger partial charge on any atom is -0.488 e. The van der Waals surface area contributed by atoms with Crippen LogP contribution in [-0.2, 0) is 17.9 Å². The van der Waals surface area contributed by atoms with Crippen molar-refractivity contribution in [1.82, 2.24) is 10.2 Å². The molecule has 1 fully saturated rings. The van der Waals surface area contributed by atoms with Crippen LogP contribution in [0.15, 0.2) is 72.4 Å². The molecule has 5 nitrogen and oxygen atoms in total. The van der Waals surface area contributed by atoms with Crippen molar-refractivity contribution >= 4 is 40.6 Å². The number of nitrogens with zero attached hydrogens (tertiary/aromatic N) is 1. The Kier molecular flexibility index (Phi) is 6.55. The molecule has 4 rings (SSSR count). The first-order valence-corrected chi connectivity index (χ1v) is 11.0. The van der Waals surface area contributed by atoms with Crippen molar-refractivity contribution in [3.63, 3.8) is 0 Å². The Balaban J connectivity index is 1.46. The van der Waals surface area contributed by atoms with E-state index in [1.54, 1.807) is 36.4 Å². The van der Waals surface area contributed by atoms with Gasteiger partial charge in [-0.1, -0.05) is 54.1 Å². The highest BCUT2D eigenvalue weighted by Crippen LogP contribution is 2.25. The maximum atomic E-state index is 13.8. The molecule has 0 aliphatic carbocycles. The molecule has 32 heavy (non-hydrogen) atoms. The molecule has 1 N–H and O–H groups in total. The smallest absolute Gasteiger partial charge is 0.329 e. The second kappa shape index (κ2) is 9.52. The molecule has 1 aliphatic rings. The summed E-state index contributed by atoms with van der Waals surface area (Å²) in [6.07, 6.45) is 1.64. The van der Waals surface area contributed by atoms with Gasteiger partial charge in [-0.25, -0.2) is 9.18 Å². The van der Waals surface area contributed by atoms with E-state index < -0.39 is 6.03 Å². The molecular weight excluding hydrogens is 522 g/mol. The van der Waals surface area contributed by atoms with Gasteiger partial charge in [-0.3, -0.25) is 9.69 Å². The number of carbonyl (C=O) groups is 2. The van der Waals surface area contributed by atoms with E-state index in [1.165, 1.54) is 11.0 Å². The molecule has 1 aliphatic heterocycles. The summed E-state index contributed by atoms with van der Waals surface area (Å²) >= 11 is 2.12. The Labute approximate surface area is 199 Å². The molecule has 0 aromatic heterocycles. The van der Waals surface area contributed by atoms with Crippen LogP contribution in [0.2, 0.25) is 0 Å². The number of halogens is 2. The number of imide groups is 1. The van der Waals surface area contributed by atoms with E-state index in [2.05, 4.69) is 27.9 Å². The lowest BCUT2D eigenvalue weighted by molar-refractivity contribution is -0.123. The van der Waals surface area contributed by atoms with E-state index in [0.29, 0.717) is 11.3 Å². The minimum absolute atomic E-state index is 0.117. The summed E-state index contributed by atoms with van der Waals surface area (Å²) in [7, 11) is 0. The number of aryl methyl sites for hydroxylation is 1. The van der Waals surface area contributed by atoms with Gasteiger partial charge in [-0.2, -0.15) is 0 Å². The number of rotatable bonds is 6. The molecule has 0 radical (unpaired) electrons. The molecule has 0 atom stereocenters. The number of nitrogens with one attached hydrogen (secondary N) is 1. The van der Waals surface area contributed by atoms with Crippen LogP contribution in [0, 0.1) is 16.3 Å². The monoisotopic (exact) mass is 542 g/mol. The average Bonchev–Trinajstić information content (AvgIpc) is 3.01. The minimum atomic E-state index is -0.442. The molecule has 0 spiro atoms. The second-order valence-electron chi connectivity index (χ2n) is 7.44. The van der Waals surface area contributed by atoms with Crippen molar-refractivity contribution < 1.29 is 18.7 Å². The topological polar surface area (TPSA) is 58.6 Å². The summed E-state index contributed by atoms with van der Waals surface area (Å²) in [5.74, 6) is -0.0696. The maximum absolute atomic E-state index is 13.8. The highest BCUT2D eigenvalue weighted by Gasteiger charge is 2.33. The van der Waals surface area contributed by atoms with Crippen LogP contribution in [0.5, 0.6) is 5.75 Å². The van der Waals surface area contributed by atoms with Gasteiger partial charge < -0.3 is 10.1 Å². The Morgan fingerprint density at radius 1 is 1.06 bits per heavy atom. The highest BCUT2D eigenvalue weighted by atomic mass is 127. The summed E-state index contributed by atoms with van der Waals surface area (Å²) in [6.45, 7) is 2.29. The second-order valence-corrected chi connectivity index (χ2v) is 8.60. The fourth-order valence-electron chi connectivity index (χ4n) is 3.37. The van der Waals surface area contributed by atoms with Gasteiger partial charge in [0.2, 0.25) is 0 Å². The van der Waals surface area contributed by atoms with Crippen LogP contribution in [-0.4, -0.2) is 16.8 Å². The fourth-order valence-corrected chi connectivity index (χ4v) is 4.06. The average molecular weight is 542 g/mol. The van der Waals surface area contributed by atoms with Gasteiger partial charge in [0.05, 0.1) is 10.1 Å². The number of carbonyl (C=O) groups excluding carboxylic acids is 2. The van der Waals surface area contributed by atoms with Gasteiger partial charge in [-0.05, 0) is 64.9 Å². The summed E-state index contributed by atoms with van der Waals surface area (Å²) in [5.41, 5.74) is 3.40. The lowest BCUT2D eigenvalue weighted by Crippen LogP contribution is -2.30. The van der Waals surface area contributed by atoms with Crippen molar-refractivity contribution in [3.05, 3.63) is 104 Å². The summed E-state index contributed by atoms with van der Waals surface area (Å²) in [4.78, 5) is 26.3. The van der Waals surface area contributed by atoms with Crippen molar-refractivity contribution in [2.45, 2.75) is 20.1 Å². The standard InChI is InChI=1S/C25H20FIN2O3/c1-16-5-4-6-18(11-16)14-29-24(30)22(28-25(29)31)13-17-9-10-23(21(27)12-17)32-15-19-7-2-3-8-20(19)26/h2-13H,14-15H2,1H3,(H,28,31)/b22-13+.